The Bertz CT molecular complexity index is 622. The van der Waals surface area contributed by atoms with Crippen LogP contribution in [0.5, 0.6) is 0 Å². The van der Waals surface area contributed by atoms with E-state index in [-0.39, 0.29) is 6.54 Å². The summed E-state index contributed by atoms with van der Waals surface area (Å²) in [6.07, 6.45) is -4.74. The molecule has 0 aromatic carbocycles. The number of hydrogen-bond donors (Lipinski definition) is 2. The molecule has 19 heavy (non-hydrogen) atoms. The fourth-order valence-electron chi connectivity index (χ4n) is 1.82. The van der Waals surface area contributed by atoms with E-state index in [1.807, 2.05) is 4.98 Å². The maximum Gasteiger partial charge on any atom is 0.330 e. The Balaban J connectivity index is 2.28. The minimum atomic E-state index is -1.87. The van der Waals surface area contributed by atoms with Crippen molar-refractivity contribution in [2.75, 3.05) is 6.54 Å². The first-order chi connectivity index (χ1) is 9.04. The summed E-state index contributed by atoms with van der Waals surface area (Å²) in [5.41, 5.74) is 6.69. The molecule has 0 bridgehead atoms. The van der Waals surface area contributed by atoms with E-state index < -0.39 is 35.9 Å². The summed E-state index contributed by atoms with van der Waals surface area (Å²) < 4.78 is 19.8. The molecule has 0 saturated carbocycles. The van der Waals surface area contributed by atoms with Crippen molar-refractivity contribution in [2.24, 2.45) is 5.11 Å². The number of alkyl halides is 1. The normalized spacial score (nSPS) is 30.0. The van der Waals surface area contributed by atoms with E-state index in [1.54, 1.807) is 0 Å². The van der Waals surface area contributed by atoms with E-state index in [2.05, 4.69) is 10.0 Å². The topological polar surface area (TPSA) is 133 Å². The average Bonchev–Trinajstić information content (AvgIpc) is 2.64. The standard InChI is InChI=1S/C9H10FN5O4/c10-6-7(17)4(3-12-14-11)19-8(6)15-2-1-5(16)13-9(15)18/h1-2,4,6-8,17H,3H2,(H,13,16,18)/t4-,6-,7+,8-/m1/s1. The SMILES string of the molecule is [N-]=[N+]=NC[C@H]1O[C@@H](n2ccc(=O)[nH]c2=O)[C@H](F)[C@H]1O. The fourth-order valence-corrected chi connectivity index (χ4v) is 1.82. The van der Waals surface area contributed by atoms with E-state index in [9.17, 15) is 19.1 Å². The first-order valence-corrected chi connectivity index (χ1v) is 5.34. The Morgan fingerprint density at radius 3 is 3.00 bits per heavy atom. The van der Waals surface area contributed by atoms with Gasteiger partial charge in [0.15, 0.2) is 12.4 Å². The number of azide groups is 1. The van der Waals surface area contributed by atoms with Crippen molar-refractivity contribution >= 4 is 0 Å². The third-order valence-electron chi connectivity index (χ3n) is 2.74. The molecule has 0 aliphatic carbocycles. The van der Waals surface area contributed by atoms with Crippen LogP contribution in [0.2, 0.25) is 0 Å². The fraction of sp³-hybridized carbons (Fsp3) is 0.556. The lowest BCUT2D eigenvalue weighted by molar-refractivity contribution is -0.0224. The number of aromatic nitrogens is 2. The van der Waals surface area contributed by atoms with Gasteiger partial charge in [-0.3, -0.25) is 14.3 Å². The van der Waals surface area contributed by atoms with Gasteiger partial charge < -0.3 is 9.84 Å². The van der Waals surface area contributed by atoms with Crippen LogP contribution in [0.4, 0.5) is 4.39 Å². The van der Waals surface area contributed by atoms with Gasteiger partial charge >= 0.3 is 5.69 Å². The molecular weight excluding hydrogens is 261 g/mol. The van der Waals surface area contributed by atoms with Gasteiger partial charge in [-0.1, -0.05) is 5.11 Å². The predicted octanol–water partition coefficient (Wildman–Crippen LogP) is -0.557. The van der Waals surface area contributed by atoms with E-state index >= 15 is 0 Å². The molecule has 0 spiro atoms. The summed E-state index contributed by atoms with van der Waals surface area (Å²) in [5.74, 6) is 0. The second-order valence-electron chi connectivity index (χ2n) is 3.93. The molecule has 4 atom stereocenters. The van der Waals surface area contributed by atoms with Crippen LogP contribution in [0.1, 0.15) is 6.23 Å². The molecule has 9 nitrogen and oxygen atoms in total. The van der Waals surface area contributed by atoms with Crippen molar-refractivity contribution in [1.82, 2.24) is 9.55 Å². The van der Waals surface area contributed by atoms with Crippen molar-refractivity contribution < 1.29 is 14.2 Å². The Morgan fingerprint density at radius 1 is 1.63 bits per heavy atom. The molecule has 1 aliphatic heterocycles. The molecule has 1 aromatic rings. The molecule has 10 heteroatoms. The lowest BCUT2D eigenvalue weighted by Gasteiger charge is -2.15. The van der Waals surface area contributed by atoms with Crippen molar-refractivity contribution in [2.45, 2.75) is 24.6 Å². The van der Waals surface area contributed by atoms with E-state index in [0.717, 1.165) is 16.8 Å². The monoisotopic (exact) mass is 271 g/mol. The van der Waals surface area contributed by atoms with E-state index in [4.69, 9.17) is 10.3 Å². The number of halogens is 1. The maximum atomic E-state index is 13.9. The van der Waals surface area contributed by atoms with Gasteiger partial charge in [0.2, 0.25) is 0 Å². The highest BCUT2D eigenvalue weighted by atomic mass is 19.1. The number of aliphatic hydroxyl groups excluding tert-OH is 1. The zero-order valence-corrected chi connectivity index (χ0v) is 9.51. The zero-order chi connectivity index (χ0) is 14.0. The Morgan fingerprint density at radius 2 is 2.37 bits per heavy atom. The summed E-state index contributed by atoms with van der Waals surface area (Å²) >= 11 is 0. The van der Waals surface area contributed by atoms with Crippen LogP contribution in [0.3, 0.4) is 0 Å². The first kappa shape index (κ1) is 13.3. The van der Waals surface area contributed by atoms with Crippen LogP contribution in [0.25, 0.3) is 10.4 Å². The molecule has 0 amide bonds. The number of nitrogens with zero attached hydrogens (tertiary/aromatic N) is 4. The van der Waals surface area contributed by atoms with Gasteiger partial charge in [-0.05, 0) is 5.53 Å². The van der Waals surface area contributed by atoms with Gasteiger partial charge in [0.05, 0.1) is 12.6 Å². The maximum absolute atomic E-state index is 13.9. The van der Waals surface area contributed by atoms with Gasteiger partial charge in [0, 0.05) is 17.2 Å². The quantitative estimate of drug-likeness (QED) is 0.433. The molecule has 1 saturated heterocycles. The highest BCUT2D eigenvalue weighted by molar-refractivity contribution is 4.94. The minimum absolute atomic E-state index is 0.257. The number of hydrogen-bond acceptors (Lipinski definition) is 5. The first-order valence-electron chi connectivity index (χ1n) is 5.34. The zero-order valence-electron chi connectivity index (χ0n) is 9.51. The molecule has 1 fully saturated rings. The van der Waals surface area contributed by atoms with Crippen LogP contribution < -0.4 is 11.2 Å². The highest BCUT2D eigenvalue weighted by Crippen LogP contribution is 2.30. The Kier molecular flexibility index (Phi) is 3.65. The number of aromatic amines is 1. The number of aliphatic hydroxyl groups is 1. The smallest absolute Gasteiger partial charge is 0.330 e. The van der Waals surface area contributed by atoms with Crippen LogP contribution in [-0.4, -0.2) is 39.6 Å². The molecule has 1 aromatic heterocycles. The van der Waals surface area contributed by atoms with Crippen molar-refractivity contribution in [3.05, 3.63) is 43.5 Å². The number of ether oxygens (including phenoxy) is 1. The Hall–Kier alpha value is -2.16. The lowest BCUT2D eigenvalue weighted by atomic mass is 10.1. The number of rotatable bonds is 3. The molecule has 0 radical (unpaired) electrons. The largest absolute Gasteiger partial charge is 0.387 e. The van der Waals surface area contributed by atoms with Crippen LogP contribution in [-0.2, 0) is 4.74 Å². The highest BCUT2D eigenvalue weighted by Gasteiger charge is 2.45. The second-order valence-corrected chi connectivity index (χ2v) is 3.93. The third kappa shape index (κ3) is 2.50. The average molecular weight is 271 g/mol. The van der Waals surface area contributed by atoms with E-state index in [0.29, 0.717) is 0 Å². The summed E-state index contributed by atoms with van der Waals surface area (Å²) in [7, 11) is 0. The van der Waals surface area contributed by atoms with Crippen LogP contribution >= 0.6 is 0 Å². The van der Waals surface area contributed by atoms with Crippen molar-refractivity contribution in [1.29, 1.82) is 0 Å². The summed E-state index contributed by atoms with van der Waals surface area (Å²) in [4.78, 5) is 26.8. The summed E-state index contributed by atoms with van der Waals surface area (Å²) in [6, 6.07) is 1.03. The predicted molar refractivity (Wildman–Crippen MR) is 60.1 cm³/mol. The molecular formula is C9H10FN5O4. The number of H-pyrrole nitrogens is 1. The van der Waals surface area contributed by atoms with Crippen molar-refractivity contribution in [3.8, 4) is 0 Å². The van der Waals surface area contributed by atoms with Gasteiger partial charge in [0.1, 0.15) is 6.10 Å². The second kappa shape index (κ2) is 5.22. The van der Waals surface area contributed by atoms with Crippen LogP contribution in [0, 0.1) is 0 Å². The van der Waals surface area contributed by atoms with Crippen LogP contribution in [0.15, 0.2) is 27.0 Å². The van der Waals surface area contributed by atoms with Gasteiger partial charge in [-0.2, -0.15) is 0 Å². The third-order valence-corrected chi connectivity index (χ3v) is 2.74. The Labute approximate surface area is 104 Å². The molecule has 2 rings (SSSR count). The summed E-state index contributed by atoms with van der Waals surface area (Å²) in [5, 5.41) is 12.8. The minimum Gasteiger partial charge on any atom is -0.387 e. The molecule has 2 heterocycles. The molecule has 0 unspecified atom stereocenters. The molecule has 102 valence electrons. The van der Waals surface area contributed by atoms with Crippen molar-refractivity contribution in [3.63, 3.8) is 0 Å². The molecule has 2 N–H and O–H groups in total. The number of nitrogens with one attached hydrogen (secondary N) is 1. The van der Waals surface area contributed by atoms with Gasteiger partial charge in [-0.25, -0.2) is 9.18 Å². The van der Waals surface area contributed by atoms with Gasteiger partial charge in [-0.15, -0.1) is 0 Å². The van der Waals surface area contributed by atoms with E-state index in [1.165, 1.54) is 0 Å². The summed E-state index contributed by atoms with van der Waals surface area (Å²) in [6.45, 7) is -0.257. The van der Waals surface area contributed by atoms with Gasteiger partial charge in [0.25, 0.3) is 5.56 Å². The molecule has 1 aliphatic rings. The lowest BCUT2D eigenvalue weighted by Crippen LogP contribution is -2.35.